The minimum atomic E-state index is -1.40. The molecule has 0 spiro atoms. The van der Waals surface area contributed by atoms with Crippen LogP contribution in [0.5, 0.6) is 0 Å². The topological polar surface area (TPSA) is 153 Å². The van der Waals surface area contributed by atoms with Crippen molar-refractivity contribution in [1.82, 2.24) is 5.32 Å². The molecule has 3 fully saturated rings. The summed E-state index contributed by atoms with van der Waals surface area (Å²) in [7, 11) is 0. The van der Waals surface area contributed by atoms with Gasteiger partial charge in [0, 0.05) is 25.2 Å². The Kier molecular flexibility index (Phi) is 8.30. The van der Waals surface area contributed by atoms with Crippen molar-refractivity contribution in [2.24, 2.45) is 28.6 Å². The van der Waals surface area contributed by atoms with E-state index in [9.17, 15) is 28.8 Å². The molecule has 0 aromatic rings. The van der Waals surface area contributed by atoms with Crippen LogP contribution < -0.4 is 5.32 Å². The SMILES string of the molecule is CC(=O)O[C@]1(C(=O)COC(=O)CCC(=O)N[C@H](C)C(=O)O)CC[C@H]2[C@@H]3CCC4=CC(=O)CC[C@]4(C)[C@H]3CC[C@@]21C. The molecule has 4 rings (SSSR count). The number of amides is 1. The number of carboxylic acid groups (broad SMARTS) is 1. The van der Waals surface area contributed by atoms with E-state index in [-0.39, 0.29) is 30.0 Å². The number of ether oxygens (including phenoxy) is 2. The van der Waals surface area contributed by atoms with Crippen LogP contribution in [0.4, 0.5) is 0 Å². The monoisotopic (exact) mass is 559 g/mol. The van der Waals surface area contributed by atoms with Crippen LogP contribution in [0.2, 0.25) is 0 Å². The van der Waals surface area contributed by atoms with Crippen LogP contribution in [0, 0.1) is 28.6 Å². The van der Waals surface area contributed by atoms with Gasteiger partial charge in [0.1, 0.15) is 6.04 Å². The van der Waals surface area contributed by atoms with Gasteiger partial charge in [-0.3, -0.25) is 28.8 Å². The van der Waals surface area contributed by atoms with Crippen LogP contribution in [0.1, 0.15) is 91.9 Å². The van der Waals surface area contributed by atoms with Crippen LogP contribution in [-0.4, -0.2) is 58.7 Å². The number of carbonyl (C=O) groups excluding carboxylic acids is 5. The summed E-state index contributed by atoms with van der Waals surface area (Å²) < 4.78 is 11.1. The van der Waals surface area contributed by atoms with Gasteiger partial charge in [-0.1, -0.05) is 19.4 Å². The second-order valence-corrected chi connectivity index (χ2v) is 12.6. The van der Waals surface area contributed by atoms with Crippen molar-refractivity contribution in [2.75, 3.05) is 6.61 Å². The van der Waals surface area contributed by atoms with Crippen LogP contribution >= 0.6 is 0 Å². The van der Waals surface area contributed by atoms with E-state index in [0.29, 0.717) is 31.1 Å². The van der Waals surface area contributed by atoms with Gasteiger partial charge in [0.25, 0.3) is 0 Å². The normalized spacial score (nSPS) is 35.2. The van der Waals surface area contributed by atoms with Gasteiger partial charge in [0.05, 0.1) is 6.42 Å². The highest BCUT2D eigenvalue weighted by Gasteiger charge is 2.68. The second kappa shape index (κ2) is 11.1. The van der Waals surface area contributed by atoms with E-state index in [0.717, 1.165) is 32.1 Å². The smallest absolute Gasteiger partial charge is 0.325 e. The van der Waals surface area contributed by atoms with Gasteiger partial charge in [0.2, 0.25) is 11.7 Å². The lowest BCUT2D eigenvalue weighted by Gasteiger charge is -2.59. The van der Waals surface area contributed by atoms with Crippen molar-refractivity contribution >= 4 is 35.4 Å². The number of esters is 2. The number of fused-ring (bicyclic) bond motifs is 5. The van der Waals surface area contributed by atoms with Crippen LogP contribution in [0.25, 0.3) is 0 Å². The third-order valence-electron chi connectivity index (χ3n) is 10.5. The van der Waals surface area contributed by atoms with Gasteiger partial charge < -0.3 is 19.9 Å². The number of hydrogen-bond donors (Lipinski definition) is 2. The summed E-state index contributed by atoms with van der Waals surface area (Å²) in [5, 5.41) is 11.2. The molecule has 4 aliphatic rings. The molecule has 0 saturated heterocycles. The summed E-state index contributed by atoms with van der Waals surface area (Å²) in [4.78, 5) is 73.3. The zero-order valence-corrected chi connectivity index (χ0v) is 23.9. The van der Waals surface area contributed by atoms with Crippen molar-refractivity contribution in [3.63, 3.8) is 0 Å². The number of hydrogen-bond acceptors (Lipinski definition) is 8. The van der Waals surface area contributed by atoms with Crippen LogP contribution in [-0.2, 0) is 38.2 Å². The van der Waals surface area contributed by atoms with Gasteiger partial charge in [-0.2, -0.15) is 0 Å². The molecule has 220 valence electrons. The number of rotatable bonds is 9. The lowest BCUT2D eigenvalue weighted by Crippen LogP contribution is -2.59. The Labute approximate surface area is 234 Å². The summed E-state index contributed by atoms with van der Waals surface area (Å²) in [6, 6.07) is -1.09. The fourth-order valence-corrected chi connectivity index (χ4v) is 8.41. The zero-order chi connectivity index (χ0) is 29.5. The Morgan fingerprint density at radius 2 is 1.73 bits per heavy atom. The number of Topliss-reactive ketones (excluding diaryl/α,β-unsaturated/α-hetero) is 1. The molecule has 40 heavy (non-hydrogen) atoms. The van der Waals surface area contributed by atoms with Crippen molar-refractivity contribution in [1.29, 1.82) is 0 Å². The van der Waals surface area contributed by atoms with Crippen molar-refractivity contribution in [2.45, 2.75) is 104 Å². The Bertz CT molecular complexity index is 1140. The third kappa shape index (κ3) is 5.21. The molecule has 0 radical (unpaired) electrons. The maximum atomic E-state index is 13.8. The Morgan fingerprint density at radius 3 is 2.40 bits per heavy atom. The van der Waals surface area contributed by atoms with E-state index in [4.69, 9.17) is 14.6 Å². The van der Waals surface area contributed by atoms with Crippen molar-refractivity contribution in [3.05, 3.63) is 11.6 Å². The number of allylic oxidation sites excluding steroid dienone is 1. The molecule has 0 bridgehead atoms. The summed E-state index contributed by atoms with van der Waals surface area (Å²) in [5.74, 6) is -2.48. The maximum absolute atomic E-state index is 13.8. The van der Waals surface area contributed by atoms with Crippen molar-refractivity contribution in [3.8, 4) is 0 Å². The summed E-state index contributed by atoms with van der Waals surface area (Å²) >= 11 is 0. The van der Waals surface area contributed by atoms with E-state index in [1.807, 2.05) is 13.0 Å². The average molecular weight is 560 g/mol. The van der Waals surface area contributed by atoms with Gasteiger partial charge in [-0.25, -0.2) is 0 Å². The minimum Gasteiger partial charge on any atom is -0.480 e. The molecule has 10 nitrogen and oxygen atoms in total. The summed E-state index contributed by atoms with van der Waals surface area (Å²) in [6.45, 7) is 6.36. The number of carboxylic acids is 1. The Morgan fingerprint density at radius 1 is 1.02 bits per heavy atom. The fraction of sp³-hybridized carbons (Fsp3) is 0.733. The number of aliphatic carboxylic acids is 1. The van der Waals surface area contributed by atoms with Gasteiger partial charge in [-0.15, -0.1) is 0 Å². The molecule has 0 aromatic carbocycles. The first-order valence-corrected chi connectivity index (χ1v) is 14.4. The molecule has 2 N–H and O–H groups in total. The zero-order valence-electron chi connectivity index (χ0n) is 23.9. The Hall–Kier alpha value is -3.04. The van der Waals surface area contributed by atoms with E-state index in [1.54, 1.807) is 0 Å². The molecule has 4 aliphatic carbocycles. The predicted octanol–water partition coefficient (Wildman–Crippen LogP) is 3.30. The molecular weight excluding hydrogens is 518 g/mol. The van der Waals surface area contributed by atoms with Crippen LogP contribution in [0.3, 0.4) is 0 Å². The fourth-order valence-electron chi connectivity index (χ4n) is 8.41. The number of carbonyl (C=O) groups is 6. The molecule has 10 heteroatoms. The second-order valence-electron chi connectivity index (χ2n) is 12.6. The highest BCUT2D eigenvalue weighted by molar-refractivity contribution is 5.94. The first-order chi connectivity index (χ1) is 18.7. The molecule has 3 saturated carbocycles. The molecule has 1 amide bonds. The quantitative estimate of drug-likeness (QED) is 0.405. The highest BCUT2D eigenvalue weighted by atomic mass is 16.6. The third-order valence-corrected chi connectivity index (χ3v) is 10.5. The van der Waals surface area contributed by atoms with E-state index < -0.39 is 53.3 Å². The van der Waals surface area contributed by atoms with Gasteiger partial charge in [0.15, 0.2) is 18.0 Å². The molecule has 0 heterocycles. The molecule has 0 aliphatic heterocycles. The van der Waals surface area contributed by atoms with Gasteiger partial charge >= 0.3 is 17.9 Å². The van der Waals surface area contributed by atoms with E-state index >= 15 is 0 Å². The standard InChI is InChI=1S/C30H41NO9/c1-17(27(37)38)31-25(35)7-8-26(36)39-16-24(34)30(40-18(2)32)14-11-23-21-6-5-19-15-20(33)9-12-28(19,3)22(21)10-13-29(23,30)4/h15,17,21-23H,5-14,16H2,1-4H3,(H,31,35)(H,37,38)/t17-,21-,22+,23+,28+,29+,30+/m1/s1. The van der Waals surface area contributed by atoms with Crippen molar-refractivity contribution < 1.29 is 43.3 Å². The maximum Gasteiger partial charge on any atom is 0.325 e. The molecular formula is C30H41NO9. The number of nitrogens with one attached hydrogen (secondary N) is 1. The minimum absolute atomic E-state index is 0.0288. The average Bonchev–Trinajstić information content (AvgIpc) is 3.18. The number of ketones is 2. The molecule has 0 aromatic heterocycles. The lowest BCUT2D eigenvalue weighted by molar-refractivity contribution is -0.191. The van der Waals surface area contributed by atoms with E-state index in [1.165, 1.54) is 19.4 Å². The van der Waals surface area contributed by atoms with Gasteiger partial charge in [-0.05, 0) is 81.1 Å². The summed E-state index contributed by atoms with van der Waals surface area (Å²) in [6.07, 6.45) is 7.11. The van der Waals surface area contributed by atoms with Crippen LogP contribution in [0.15, 0.2) is 11.6 Å². The lowest BCUT2D eigenvalue weighted by atomic mass is 9.46. The highest BCUT2D eigenvalue weighted by Crippen LogP contribution is 2.68. The van der Waals surface area contributed by atoms with E-state index in [2.05, 4.69) is 12.2 Å². The largest absolute Gasteiger partial charge is 0.480 e. The first kappa shape index (κ1) is 29.9. The Balaban J connectivity index is 1.46. The molecule has 7 atom stereocenters. The predicted molar refractivity (Wildman–Crippen MR) is 142 cm³/mol. The first-order valence-electron chi connectivity index (χ1n) is 14.4. The summed E-state index contributed by atoms with van der Waals surface area (Å²) in [5.41, 5.74) is -0.785. The molecule has 0 unspecified atom stereocenters.